The molecule has 0 saturated carbocycles. The van der Waals surface area contributed by atoms with E-state index in [1.165, 1.54) is 37.2 Å². The molecule has 0 aliphatic carbocycles. The molecule has 116 valence electrons. The molecule has 21 heavy (non-hydrogen) atoms. The minimum absolute atomic E-state index is 0.0418. The van der Waals surface area contributed by atoms with Gasteiger partial charge in [0.25, 0.3) is 0 Å². The second-order valence-electron chi connectivity index (χ2n) is 6.71. The van der Waals surface area contributed by atoms with E-state index in [0.29, 0.717) is 6.04 Å². The summed E-state index contributed by atoms with van der Waals surface area (Å²) < 4.78 is 6.51. The lowest BCUT2D eigenvalue weighted by molar-refractivity contribution is -0.0245. The van der Waals surface area contributed by atoms with Gasteiger partial charge in [-0.2, -0.15) is 0 Å². The van der Waals surface area contributed by atoms with Crippen molar-refractivity contribution in [3.05, 3.63) is 29.3 Å². The maximum absolute atomic E-state index is 6.51. The predicted octanol–water partition coefficient (Wildman–Crippen LogP) is 3.28. The molecule has 0 bridgehead atoms. The van der Waals surface area contributed by atoms with Crippen LogP contribution >= 0.6 is 0 Å². The van der Waals surface area contributed by atoms with Gasteiger partial charge >= 0.3 is 0 Å². The van der Waals surface area contributed by atoms with Gasteiger partial charge in [0, 0.05) is 31.1 Å². The molecule has 3 rings (SSSR count). The van der Waals surface area contributed by atoms with Gasteiger partial charge in [-0.05, 0) is 45.8 Å². The van der Waals surface area contributed by atoms with Crippen LogP contribution in [0.5, 0.6) is 5.75 Å². The van der Waals surface area contributed by atoms with E-state index in [-0.39, 0.29) is 5.60 Å². The lowest BCUT2D eigenvalue weighted by Crippen LogP contribution is -2.51. The molecule has 1 aromatic rings. The highest BCUT2D eigenvalue weighted by atomic mass is 16.5. The van der Waals surface area contributed by atoms with Crippen LogP contribution in [-0.2, 0) is 0 Å². The number of nitrogens with one attached hydrogen (secondary N) is 1. The maximum atomic E-state index is 6.51. The van der Waals surface area contributed by atoms with Crippen LogP contribution in [0.25, 0.3) is 0 Å². The summed E-state index contributed by atoms with van der Waals surface area (Å²) in [6.45, 7) is 7.98. The molecule has 0 radical (unpaired) electrons. The number of nitrogens with zero attached hydrogens (tertiary/aromatic N) is 1. The Morgan fingerprint density at radius 3 is 2.76 bits per heavy atom. The highest BCUT2D eigenvalue weighted by Crippen LogP contribution is 2.44. The molecule has 0 amide bonds. The SMILES string of the molecule is CCCN1CCC2(CC1)CC(NC)c1cc(C)ccc1O2. The summed E-state index contributed by atoms with van der Waals surface area (Å²) in [5, 5.41) is 3.50. The van der Waals surface area contributed by atoms with E-state index in [9.17, 15) is 0 Å². The summed E-state index contributed by atoms with van der Waals surface area (Å²) in [5.41, 5.74) is 2.69. The number of fused-ring (bicyclic) bond motifs is 1. The second kappa shape index (κ2) is 5.98. The minimum atomic E-state index is 0.0418. The first-order valence-electron chi connectivity index (χ1n) is 8.35. The summed E-state index contributed by atoms with van der Waals surface area (Å²) >= 11 is 0. The molecule has 2 aliphatic heterocycles. The Hall–Kier alpha value is -1.06. The van der Waals surface area contributed by atoms with Crippen molar-refractivity contribution >= 4 is 0 Å². The molecule has 1 unspecified atom stereocenters. The van der Waals surface area contributed by atoms with Gasteiger partial charge in [0.1, 0.15) is 11.4 Å². The summed E-state index contributed by atoms with van der Waals surface area (Å²) in [4.78, 5) is 2.58. The van der Waals surface area contributed by atoms with Crippen LogP contribution in [0.2, 0.25) is 0 Å². The van der Waals surface area contributed by atoms with Crippen molar-refractivity contribution < 1.29 is 4.74 Å². The number of rotatable bonds is 3. The van der Waals surface area contributed by atoms with Crippen LogP contribution in [0, 0.1) is 6.92 Å². The van der Waals surface area contributed by atoms with Crippen molar-refractivity contribution in [1.29, 1.82) is 0 Å². The molecule has 2 heterocycles. The third-order valence-corrected chi connectivity index (χ3v) is 5.10. The highest BCUT2D eigenvalue weighted by Gasteiger charge is 2.42. The lowest BCUT2D eigenvalue weighted by atomic mass is 9.80. The third kappa shape index (κ3) is 2.95. The van der Waals surface area contributed by atoms with Gasteiger partial charge < -0.3 is 15.0 Å². The fourth-order valence-electron chi connectivity index (χ4n) is 3.85. The Labute approximate surface area is 128 Å². The Kier molecular flexibility index (Phi) is 4.23. The minimum Gasteiger partial charge on any atom is -0.487 e. The van der Waals surface area contributed by atoms with Gasteiger partial charge in [-0.3, -0.25) is 0 Å². The van der Waals surface area contributed by atoms with Crippen molar-refractivity contribution in [3.8, 4) is 5.75 Å². The van der Waals surface area contributed by atoms with Crippen molar-refractivity contribution in [2.45, 2.75) is 51.2 Å². The van der Waals surface area contributed by atoms with Gasteiger partial charge in [0.15, 0.2) is 0 Å². The predicted molar refractivity (Wildman–Crippen MR) is 86.9 cm³/mol. The van der Waals surface area contributed by atoms with E-state index in [2.05, 4.69) is 49.3 Å². The normalized spacial score (nSPS) is 24.6. The summed E-state index contributed by atoms with van der Waals surface area (Å²) in [7, 11) is 2.07. The molecule has 1 fully saturated rings. The third-order valence-electron chi connectivity index (χ3n) is 5.10. The number of likely N-dealkylation sites (tertiary alicyclic amines) is 1. The zero-order valence-electron chi connectivity index (χ0n) is 13.6. The lowest BCUT2D eigenvalue weighted by Gasteiger charge is -2.47. The Morgan fingerprint density at radius 2 is 2.10 bits per heavy atom. The van der Waals surface area contributed by atoms with Crippen LogP contribution in [0.3, 0.4) is 0 Å². The number of ether oxygens (including phenoxy) is 1. The molecule has 3 heteroatoms. The monoisotopic (exact) mass is 288 g/mol. The number of aryl methyl sites for hydroxylation is 1. The molecule has 1 saturated heterocycles. The quantitative estimate of drug-likeness (QED) is 0.924. The number of hydrogen-bond acceptors (Lipinski definition) is 3. The smallest absolute Gasteiger partial charge is 0.124 e. The van der Waals surface area contributed by atoms with Crippen LogP contribution in [-0.4, -0.2) is 37.2 Å². The second-order valence-corrected chi connectivity index (χ2v) is 6.71. The largest absolute Gasteiger partial charge is 0.487 e. The first-order valence-corrected chi connectivity index (χ1v) is 8.35. The molecular weight excluding hydrogens is 260 g/mol. The van der Waals surface area contributed by atoms with Crippen molar-refractivity contribution in [2.24, 2.45) is 0 Å². The molecule has 1 aromatic carbocycles. The fraction of sp³-hybridized carbons (Fsp3) is 0.667. The van der Waals surface area contributed by atoms with E-state index < -0.39 is 0 Å². The van der Waals surface area contributed by atoms with E-state index in [4.69, 9.17) is 4.74 Å². The summed E-state index contributed by atoms with van der Waals surface area (Å²) in [6, 6.07) is 7.02. The first kappa shape index (κ1) is 14.9. The molecule has 0 aromatic heterocycles. The fourth-order valence-corrected chi connectivity index (χ4v) is 3.85. The maximum Gasteiger partial charge on any atom is 0.124 e. The molecule has 1 atom stereocenters. The zero-order valence-corrected chi connectivity index (χ0v) is 13.6. The van der Waals surface area contributed by atoms with Gasteiger partial charge in [-0.1, -0.05) is 24.6 Å². The van der Waals surface area contributed by atoms with Gasteiger partial charge in [0.05, 0.1) is 0 Å². The molecule has 1 N–H and O–H groups in total. The van der Waals surface area contributed by atoms with E-state index in [1.54, 1.807) is 0 Å². The van der Waals surface area contributed by atoms with Crippen LogP contribution in [0.1, 0.15) is 49.8 Å². The number of piperidine rings is 1. The average molecular weight is 288 g/mol. The highest BCUT2D eigenvalue weighted by molar-refractivity contribution is 5.41. The molecule has 1 spiro atoms. The standard InChI is InChI=1S/C18H28N2O/c1-4-9-20-10-7-18(8-11-20)13-16(19-3)15-12-14(2)5-6-17(15)21-18/h5-6,12,16,19H,4,7-11,13H2,1-3H3. The van der Waals surface area contributed by atoms with Gasteiger partial charge in [-0.25, -0.2) is 0 Å². The van der Waals surface area contributed by atoms with Crippen LogP contribution in [0.15, 0.2) is 18.2 Å². The summed E-state index contributed by atoms with van der Waals surface area (Å²) in [5.74, 6) is 1.09. The van der Waals surface area contributed by atoms with E-state index in [1.807, 2.05) is 0 Å². The first-order chi connectivity index (χ1) is 10.2. The Balaban J connectivity index is 1.79. The van der Waals surface area contributed by atoms with E-state index in [0.717, 1.165) is 25.0 Å². The van der Waals surface area contributed by atoms with Crippen molar-refractivity contribution in [3.63, 3.8) is 0 Å². The zero-order chi connectivity index (χ0) is 14.9. The van der Waals surface area contributed by atoms with Crippen molar-refractivity contribution in [1.82, 2.24) is 10.2 Å². The Morgan fingerprint density at radius 1 is 1.33 bits per heavy atom. The van der Waals surface area contributed by atoms with Crippen LogP contribution in [0.4, 0.5) is 0 Å². The number of hydrogen-bond donors (Lipinski definition) is 1. The van der Waals surface area contributed by atoms with Gasteiger partial charge in [0.2, 0.25) is 0 Å². The Bertz CT molecular complexity index is 492. The van der Waals surface area contributed by atoms with Crippen molar-refractivity contribution in [2.75, 3.05) is 26.7 Å². The van der Waals surface area contributed by atoms with E-state index >= 15 is 0 Å². The van der Waals surface area contributed by atoms with Crippen LogP contribution < -0.4 is 10.1 Å². The summed E-state index contributed by atoms with van der Waals surface area (Å²) in [6.07, 6.45) is 4.64. The van der Waals surface area contributed by atoms with Gasteiger partial charge in [-0.15, -0.1) is 0 Å². The molecule has 3 nitrogen and oxygen atoms in total. The molecular formula is C18H28N2O. The number of benzene rings is 1. The topological polar surface area (TPSA) is 24.5 Å². The average Bonchev–Trinajstić information content (AvgIpc) is 2.50. The molecule has 2 aliphatic rings.